The molecule has 0 radical (unpaired) electrons. The SMILES string of the molecule is COc1c(C2CC(C(=O)O)CN2)cc2c(c1Cl)OCO2. The molecule has 20 heavy (non-hydrogen) atoms. The van der Waals surface area contributed by atoms with Gasteiger partial charge in [0.15, 0.2) is 11.5 Å². The number of carbonyl (C=O) groups is 1. The molecule has 2 N–H and O–H groups in total. The summed E-state index contributed by atoms with van der Waals surface area (Å²) in [5, 5.41) is 12.6. The molecule has 0 aromatic heterocycles. The Labute approximate surface area is 120 Å². The average Bonchev–Trinajstić information content (AvgIpc) is 3.07. The molecule has 7 heteroatoms. The Balaban J connectivity index is 1.98. The number of rotatable bonds is 3. The molecule has 6 nitrogen and oxygen atoms in total. The highest BCUT2D eigenvalue weighted by Crippen LogP contribution is 2.49. The minimum absolute atomic E-state index is 0.123. The molecule has 2 aliphatic heterocycles. The van der Waals surface area contributed by atoms with Crippen LogP contribution in [0.1, 0.15) is 18.0 Å². The second kappa shape index (κ2) is 5.03. The van der Waals surface area contributed by atoms with Crippen LogP contribution < -0.4 is 19.5 Å². The maximum absolute atomic E-state index is 11.0. The molecular formula is C13H14ClNO5. The first-order chi connectivity index (χ1) is 9.61. The molecule has 0 amide bonds. The van der Waals surface area contributed by atoms with Crippen LogP contribution in [0.3, 0.4) is 0 Å². The molecule has 2 atom stereocenters. The lowest BCUT2D eigenvalue weighted by molar-refractivity contribution is -0.141. The van der Waals surface area contributed by atoms with Gasteiger partial charge in [0.25, 0.3) is 0 Å². The Kier molecular flexibility index (Phi) is 3.35. The van der Waals surface area contributed by atoms with Gasteiger partial charge in [0.05, 0.1) is 13.0 Å². The molecule has 108 valence electrons. The molecule has 0 bridgehead atoms. The van der Waals surface area contributed by atoms with E-state index in [1.165, 1.54) is 7.11 Å². The van der Waals surface area contributed by atoms with Crippen LogP contribution in [-0.4, -0.2) is 31.5 Å². The predicted octanol–water partition coefficient (Wildman–Crippen LogP) is 1.81. The maximum Gasteiger partial charge on any atom is 0.307 e. The van der Waals surface area contributed by atoms with Crippen molar-refractivity contribution in [3.8, 4) is 17.2 Å². The first-order valence-electron chi connectivity index (χ1n) is 6.24. The molecule has 0 aliphatic carbocycles. The highest BCUT2D eigenvalue weighted by molar-refractivity contribution is 6.34. The monoisotopic (exact) mass is 299 g/mol. The lowest BCUT2D eigenvalue weighted by atomic mass is 9.99. The van der Waals surface area contributed by atoms with Crippen molar-refractivity contribution in [2.75, 3.05) is 20.4 Å². The number of fused-ring (bicyclic) bond motifs is 1. The van der Waals surface area contributed by atoms with Crippen LogP contribution in [0.4, 0.5) is 0 Å². The van der Waals surface area contributed by atoms with E-state index in [1.54, 1.807) is 6.07 Å². The summed E-state index contributed by atoms with van der Waals surface area (Å²) in [5.74, 6) is 0.325. The van der Waals surface area contributed by atoms with Crippen molar-refractivity contribution in [1.82, 2.24) is 5.32 Å². The third-order valence-electron chi connectivity index (χ3n) is 3.65. The Morgan fingerprint density at radius 3 is 3.00 bits per heavy atom. The number of benzene rings is 1. The Morgan fingerprint density at radius 2 is 2.35 bits per heavy atom. The summed E-state index contributed by atoms with van der Waals surface area (Å²) in [4.78, 5) is 11.0. The number of methoxy groups -OCH3 is 1. The molecule has 1 aromatic rings. The predicted molar refractivity (Wildman–Crippen MR) is 70.6 cm³/mol. The molecule has 0 saturated carbocycles. The average molecular weight is 300 g/mol. The molecular weight excluding hydrogens is 286 g/mol. The van der Waals surface area contributed by atoms with Gasteiger partial charge in [0.1, 0.15) is 10.8 Å². The number of hydrogen-bond donors (Lipinski definition) is 2. The van der Waals surface area contributed by atoms with Gasteiger partial charge in [-0.05, 0) is 12.5 Å². The van der Waals surface area contributed by atoms with Crippen molar-refractivity contribution in [3.05, 3.63) is 16.7 Å². The molecule has 1 aromatic carbocycles. The van der Waals surface area contributed by atoms with Crippen LogP contribution in [0.5, 0.6) is 17.2 Å². The van der Waals surface area contributed by atoms with Gasteiger partial charge in [0.2, 0.25) is 6.79 Å². The highest BCUT2D eigenvalue weighted by Gasteiger charge is 2.34. The lowest BCUT2D eigenvalue weighted by Crippen LogP contribution is -2.17. The number of carboxylic acids is 1. The van der Waals surface area contributed by atoms with Crippen molar-refractivity contribution in [2.24, 2.45) is 5.92 Å². The lowest BCUT2D eigenvalue weighted by Gasteiger charge is -2.17. The van der Waals surface area contributed by atoms with Crippen molar-refractivity contribution < 1.29 is 24.1 Å². The fourth-order valence-electron chi connectivity index (χ4n) is 2.63. The fraction of sp³-hybridized carbons (Fsp3) is 0.462. The van der Waals surface area contributed by atoms with Crippen LogP contribution in [0.2, 0.25) is 5.02 Å². The zero-order chi connectivity index (χ0) is 14.3. The van der Waals surface area contributed by atoms with E-state index >= 15 is 0 Å². The standard InChI is InChI=1S/C13H14ClNO5/c1-18-11-7(8-2-6(4-15-8)13(16)17)3-9-12(10(11)14)20-5-19-9/h3,6,8,15H,2,4-5H2,1H3,(H,16,17). The minimum Gasteiger partial charge on any atom is -0.495 e. The smallest absolute Gasteiger partial charge is 0.307 e. The van der Waals surface area contributed by atoms with E-state index in [0.29, 0.717) is 35.2 Å². The molecule has 2 heterocycles. The molecule has 2 aliphatic rings. The summed E-state index contributed by atoms with van der Waals surface area (Å²) in [6.45, 7) is 0.548. The second-order valence-corrected chi connectivity index (χ2v) is 5.16. The van der Waals surface area contributed by atoms with Gasteiger partial charge in [-0.25, -0.2) is 0 Å². The van der Waals surface area contributed by atoms with E-state index in [0.717, 1.165) is 5.56 Å². The molecule has 3 rings (SSSR count). The van der Waals surface area contributed by atoms with Crippen molar-refractivity contribution in [2.45, 2.75) is 12.5 Å². The summed E-state index contributed by atoms with van der Waals surface area (Å²) in [7, 11) is 1.52. The topological polar surface area (TPSA) is 77.0 Å². The molecule has 1 fully saturated rings. The Bertz CT molecular complexity index is 562. The van der Waals surface area contributed by atoms with Gasteiger partial charge >= 0.3 is 5.97 Å². The van der Waals surface area contributed by atoms with E-state index < -0.39 is 11.9 Å². The number of aliphatic carboxylic acids is 1. The summed E-state index contributed by atoms with van der Waals surface area (Å²) < 4.78 is 16.0. The van der Waals surface area contributed by atoms with E-state index in [9.17, 15) is 4.79 Å². The van der Waals surface area contributed by atoms with Crippen LogP contribution in [0, 0.1) is 5.92 Å². The van der Waals surface area contributed by atoms with Crippen molar-refractivity contribution in [3.63, 3.8) is 0 Å². The highest BCUT2D eigenvalue weighted by atomic mass is 35.5. The summed E-state index contributed by atoms with van der Waals surface area (Å²) in [6, 6.07) is 1.67. The van der Waals surface area contributed by atoms with Gasteiger partial charge in [-0.2, -0.15) is 0 Å². The third-order valence-corrected chi connectivity index (χ3v) is 3.99. The van der Waals surface area contributed by atoms with Gasteiger partial charge < -0.3 is 24.6 Å². The van der Waals surface area contributed by atoms with E-state index in [2.05, 4.69) is 5.32 Å². The Morgan fingerprint density at radius 1 is 1.55 bits per heavy atom. The number of carboxylic acid groups (broad SMARTS) is 1. The number of halogens is 1. The Hall–Kier alpha value is -1.66. The molecule has 0 spiro atoms. The minimum atomic E-state index is -0.800. The largest absolute Gasteiger partial charge is 0.495 e. The maximum atomic E-state index is 11.0. The van der Waals surface area contributed by atoms with Crippen LogP contribution in [0.25, 0.3) is 0 Å². The molecule has 2 unspecified atom stereocenters. The van der Waals surface area contributed by atoms with Gasteiger partial charge in [-0.1, -0.05) is 11.6 Å². The first-order valence-corrected chi connectivity index (χ1v) is 6.61. The van der Waals surface area contributed by atoms with E-state index in [-0.39, 0.29) is 12.8 Å². The summed E-state index contributed by atoms with van der Waals surface area (Å²) in [6.07, 6.45) is 0.488. The first kappa shape index (κ1) is 13.3. The summed E-state index contributed by atoms with van der Waals surface area (Å²) in [5.41, 5.74) is 0.797. The normalized spacial score (nSPS) is 23.9. The molecule has 1 saturated heterocycles. The summed E-state index contributed by atoms with van der Waals surface area (Å²) >= 11 is 6.26. The third kappa shape index (κ3) is 2.05. The van der Waals surface area contributed by atoms with Crippen molar-refractivity contribution in [1.29, 1.82) is 0 Å². The van der Waals surface area contributed by atoms with Crippen LogP contribution >= 0.6 is 11.6 Å². The van der Waals surface area contributed by atoms with Gasteiger partial charge in [0, 0.05) is 18.2 Å². The van der Waals surface area contributed by atoms with Crippen LogP contribution in [0.15, 0.2) is 6.07 Å². The number of nitrogens with one attached hydrogen (secondary N) is 1. The van der Waals surface area contributed by atoms with Gasteiger partial charge in [-0.15, -0.1) is 0 Å². The quantitative estimate of drug-likeness (QED) is 0.886. The van der Waals surface area contributed by atoms with Crippen LogP contribution in [-0.2, 0) is 4.79 Å². The number of hydrogen-bond acceptors (Lipinski definition) is 5. The zero-order valence-electron chi connectivity index (χ0n) is 10.8. The second-order valence-electron chi connectivity index (χ2n) is 4.78. The van der Waals surface area contributed by atoms with Gasteiger partial charge in [-0.3, -0.25) is 4.79 Å². The zero-order valence-corrected chi connectivity index (χ0v) is 11.6. The van der Waals surface area contributed by atoms with E-state index in [1.807, 2.05) is 0 Å². The van der Waals surface area contributed by atoms with Crippen molar-refractivity contribution >= 4 is 17.6 Å². The van der Waals surface area contributed by atoms with E-state index in [4.69, 9.17) is 30.9 Å². The fourth-order valence-corrected chi connectivity index (χ4v) is 2.96. The number of ether oxygens (including phenoxy) is 3.